The summed E-state index contributed by atoms with van der Waals surface area (Å²) in [6.45, 7) is 0.946. The van der Waals surface area contributed by atoms with Gasteiger partial charge in [-0.25, -0.2) is 15.0 Å². The normalized spacial score (nSPS) is 27.0. The van der Waals surface area contributed by atoms with Crippen molar-refractivity contribution in [3.05, 3.63) is 12.7 Å². The third kappa shape index (κ3) is 2.90. The molecule has 2 unspecified atom stereocenters. The van der Waals surface area contributed by atoms with Crippen LogP contribution in [-0.2, 0) is 4.74 Å². The van der Waals surface area contributed by atoms with Crippen LogP contribution in [0.4, 0.5) is 5.82 Å². The number of hydrogen-bond donors (Lipinski definition) is 3. The molecule has 1 aliphatic heterocycles. The van der Waals surface area contributed by atoms with Gasteiger partial charge >= 0.3 is 0 Å². The summed E-state index contributed by atoms with van der Waals surface area (Å²) >= 11 is 0. The maximum absolute atomic E-state index is 10.3. The van der Waals surface area contributed by atoms with Crippen LogP contribution in [0.5, 0.6) is 0 Å². The third-order valence-corrected chi connectivity index (χ3v) is 4.10. The average molecular weight is 333 g/mol. The summed E-state index contributed by atoms with van der Waals surface area (Å²) < 4.78 is 7.36. The first-order valence-electron chi connectivity index (χ1n) is 7.53. The highest BCUT2D eigenvalue weighted by atomic mass is 16.6. The predicted octanol–water partition coefficient (Wildman–Crippen LogP) is -1.13. The fraction of sp³-hybridized carbons (Fsp3) is 0.571. The van der Waals surface area contributed by atoms with Gasteiger partial charge in [-0.1, -0.05) is 0 Å². The largest absolute Gasteiger partial charge is 0.387 e. The van der Waals surface area contributed by atoms with Crippen molar-refractivity contribution in [3.63, 3.8) is 0 Å². The number of aliphatic hydroxyl groups is 2. The van der Waals surface area contributed by atoms with Gasteiger partial charge in [0.05, 0.1) is 12.4 Å². The number of rotatable bonds is 5. The molecule has 0 bridgehead atoms. The molecule has 4 N–H and O–H groups in total. The summed E-state index contributed by atoms with van der Waals surface area (Å²) in [6, 6.07) is 2.07. The number of nitrogens with zero attached hydrogens (tertiary/aromatic N) is 6. The standard InChI is InChI=1S/C14H19N7O3/c1-20(4-2-3-15)5-8-10(22)11(23)14(24-8)21-7-19-9-12(16)17-6-18-13(9)21/h6-8,10-11,14,22-23H,2,4-5H2,1H3,(H2,16,17,18)/t8-,10?,11?,14-/m1/s1. The molecule has 128 valence electrons. The van der Waals surface area contributed by atoms with E-state index in [0.29, 0.717) is 30.7 Å². The van der Waals surface area contributed by atoms with E-state index in [4.69, 9.17) is 15.7 Å². The van der Waals surface area contributed by atoms with Gasteiger partial charge in [0.2, 0.25) is 0 Å². The minimum absolute atomic E-state index is 0.236. The van der Waals surface area contributed by atoms with E-state index in [1.807, 2.05) is 11.9 Å². The van der Waals surface area contributed by atoms with Crippen molar-refractivity contribution in [1.82, 2.24) is 24.4 Å². The van der Waals surface area contributed by atoms with Crippen LogP contribution in [0.1, 0.15) is 12.6 Å². The van der Waals surface area contributed by atoms with Crippen LogP contribution in [0, 0.1) is 11.3 Å². The molecule has 2 aromatic rings. The van der Waals surface area contributed by atoms with Crippen molar-refractivity contribution in [2.24, 2.45) is 0 Å². The lowest BCUT2D eigenvalue weighted by molar-refractivity contribution is -0.0420. The van der Waals surface area contributed by atoms with Crippen LogP contribution in [0.15, 0.2) is 12.7 Å². The zero-order chi connectivity index (χ0) is 17.3. The van der Waals surface area contributed by atoms with E-state index in [-0.39, 0.29) is 5.82 Å². The molecule has 1 aliphatic rings. The Balaban J connectivity index is 1.79. The molecule has 3 heterocycles. The lowest BCUT2D eigenvalue weighted by Gasteiger charge is -2.21. The number of nitrogen functional groups attached to an aromatic ring is 1. The second-order valence-electron chi connectivity index (χ2n) is 5.80. The van der Waals surface area contributed by atoms with Gasteiger partial charge in [-0.15, -0.1) is 0 Å². The van der Waals surface area contributed by atoms with E-state index in [1.54, 1.807) is 0 Å². The van der Waals surface area contributed by atoms with Gasteiger partial charge in [0.25, 0.3) is 0 Å². The Kier molecular flexibility index (Phi) is 4.59. The zero-order valence-electron chi connectivity index (χ0n) is 13.1. The Hall–Kier alpha value is -2.32. The minimum atomic E-state index is -1.13. The van der Waals surface area contributed by atoms with Crippen molar-refractivity contribution in [2.75, 3.05) is 25.9 Å². The van der Waals surface area contributed by atoms with E-state index >= 15 is 0 Å². The first kappa shape index (κ1) is 16.5. The van der Waals surface area contributed by atoms with E-state index in [0.717, 1.165) is 0 Å². The van der Waals surface area contributed by atoms with E-state index in [2.05, 4.69) is 21.0 Å². The number of fused-ring (bicyclic) bond motifs is 1. The van der Waals surface area contributed by atoms with E-state index < -0.39 is 24.5 Å². The maximum Gasteiger partial charge on any atom is 0.167 e. The van der Waals surface area contributed by atoms with Crippen LogP contribution in [0.3, 0.4) is 0 Å². The molecule has 3 rings (SSSR count). The van der Waals surface area contributed by atoms with Gasteiger partial charge in [-0.3, -0.25) is 4.57 Å². The van der Waals surface area contributed by atoms with Crippen molar-refractivity contribution >= 4 is 17.0 Å². The number of aromatic nitrogens is 4. The summed E-state index contributed by atoms with van der Waals surface area (Å²) in [6.07, 6.45) is -0.463. The highest BCUT2D eigenvalue weighted by Crippen LogP contribution is 2.32. The molecule has 10 nitrogen and oxygen atoms in total. The topological polar surface area (TPSA) is 146 Å². The Morgan fingerprint density at radius 1 is 1.38 bits per heavy atom. The first-order chi connectivity index (χ1) is 11.5. The highest BCUT2D eigenvalue weighted by molar-refractivity contribution is 5.81. The van der Waals surface area contributed by atoms with E-state index in [1.165, 1.54) is 17.2 Å². The van der Waals surface area contributed by atoms with Crippen LogP contribution in [0.25, 0.3) is 11.2 Å². The molecule has 0 saturated carbocycles. The van der Waals surface area contributed by atoms with E-state index in [9.17, 15) is 10.2 Å². The molecule has 0 radical (unpaired) electrons. The van der Waals surface area contributed by atoms with Crippen molar-refractivity contribution in [3.8, 4) is 6.07 Å². The quantitative estimate of drug-likeness (QED) is 0.618. The summed E-state index contributed by atoms with van der Waals surface area (Å²) in [5.41, 5.74) is 6.60. The third-order valence-electron chi connectivity index (χ3n) is 4.10. The number of nitriles is 1. The highest BCUT2D eigenvalue weighted by Gasteiger charge is 2.44. The molecule has 0 aromatic carbocycles. The first-order valence-corrected chi connectivity index (χ1v) is 7.53. The van der Waals surface area contributed by atoms with Gasteiger partial charge < -0.3 is 25.6 Å². The monoisotopic (exact) mass is 333 g/mol. The fourth-order valence-electron chi connectivity index (χ4n) is 2.81. The van der Waals surface area contributed by atoms with Crippen LogP contribution in [0.2, 0.25) is 0 Å². The van der Waals surface area contributed by atoms with Gasteiger partial charge in [-0.05, 0) is 7.05 Å². The maximum atomic E-state index is 10.3. The van der Waals surface area contributed by atoms with Crippen molar-refractivity contribution < 1.29 is 14.9 Å². The van der Waals surface area contributed by atoms with Crippen LogP contribution >= 0.6 is 0 Å². The summed E-state index contributed by atoms with van der Waals surface area (Å²) in [7, 11) is 1.83. The number of hydrogen-bond acceptors (Lipinski definition) is 9. The zero-order valence-corrected chi connectivity index (χ0v) is 13.1. The molecular weight excluding hydrogens is 314 g/mol. The second kappa shape index (κ2) is 6.66. The smallest absolute Gasteiger partial charge is 0.167 e. The molecule has 0 spiro atoms. The SMILES string of the molecule is CN(CCC#N)C[C@H]1O[C@@H](n2cnc3c(N)ncnc32)C(O)C1O. The molecular formula is C14H19N7O3. The average Bonchev–Trinajstić information content (AvgIpc) is 3.10. The number of anilines is 1. The number of aliphatic hydroxyl groups excluding tert-OH is 2. The molecule has 2 aromatic heterocycles. The van der Waals surface area contributed by atoms with Crippen molar-refractivity contribution in [1.29, 1.82) is 5.26 Å². The second-order valence-corrected chi connectivity index (χ2v) is 5.80. The predicted molar refractivity (Wildman–Crippen MR) is 83.4 cm³/mol. The summed E-state index contributed by atoms with van der Waals surface area (Å²) in [5, 5.41) is 29.2. The molecule has 10 heteroatoms. The number of nitrogens with two attached hydrogens (primary N) is 1. The van der Waals surface area contributed by atoms with Crippen LogP contribution < -0.4 is 5.73 Å². The van der Waals surface area contributed by atoms with Gasteiger partial charge in [0, 0.05) is 19.5 Å². The Morgan fingerprint density at radius 3 is 2.92 bits per heavy atom. The molecule has 0 amide bonds. The van der Waals surface area contributed by atoms with Gasteiger partial charge in [-0.2, -0.15) is 5.26 Å². The van der Waals surface area contributed by atoms with Crippen molar-refractivity contribution in [2.45, 2.75) is 31.0 Å². The van der Waals surface area contributed by atoms with Crippen LogP contribution in [-0.4, -0.2) is 73.1 Å². The number of imidazole rings is 1. The molecule has 4 atom stereocenters. The fourth-order valence-corrected chi connectivity index (χ4v) is 2.81. The van der Waals surface area contributed by atoms with Gasteiger partial charge in [0.15, 0.2) is 17.7 Å². The summed E-state index contributed by atoms with van der Waals surface area (Å²) in [4.78, 5) is 14.0. The minimum Gasteiger partial charge on any atom is -0.387 e. The Labute approximate surface area is 138 Å². The molecule has 1 fully saturated rings. The molecule has 0 aliphatic carbocycles. The van der Waals surface area contributed by atoms with Gasteiger partial charge in [0.1, 0.15) is 30.2 Å². The number of ether oxygens (including phenoxy) is 1. The molecule has 24 heavy (non-hydrogen) atoms. The Bertz CT molecular complexity index is 758. The Morgan fingerprint density at radius 2 is 2.17 bits per heavy atom. The molecule has 1 saturated heterocycles. The number of likely N-dealkylation sites (N-methyl/N-ethyl adjacent to an activating group) is 1. The summed E-state index contributed by atoms with van der Waals surface area (Å²) in [5.74, 6) is 0.236. The lowest BCUT2D eigenvalue weighted by Crippen LogP contribution is -2.38. The lowest BCUT2D eigenvalue weighted by atomic mass is 10.1.